The van der Waals surface area contributed by atoms with Gasteiger partial charge in [0.05, 0.1) is 23.7 Å². The van der Waals surface area contributed by atoms with E-state index in [1.165, 1.54) is 23.5 Å². The predicted octanol–water partition coefficient (Wildman–Crippen LogP) is 4.61. The van der Waals surface area contributed by atoms with Crippen LogP contribution in [0.2, 0.25) is 0 Å². The molecule has 2 aliphatic heterocycles. The normalized spacial score (nSPS) is 25.1. The average molecular weight is 587 g/mol. The third-order valence-electron chi connectivity index (χ3n) is 8.26. The zero-order valence-electron chi connectivity index (χ0n) is 22.6. The van der Waals surface area contributed by atoms with Crippen molar-refractivity contribution in [3.05, 3.63) is 59.7 Å². The van der Waals surface area contributed by atoms with E-state index in [9.17, 15) is 18.0 Å². The molecule has 1 amide bonds. The van der Waals surface area contributed by atoms with Crippen molar-refractivity contribution >= 4 is 34.4 Å². The lowest BCUT2D eigenvalue weighted by Gasteiger charge is -2.26. The number of rotatable bonds is 7. The van der Waals surface area contributed by atoms with E-state index in [2.05, 4.69) is 36.6 Å². The minimum Gasteiger partial charge on any atom is -0.381 e. The maximum atomic E-state index is 13.3. The van der Waals surface area contributed by atoms with Crippen LogP contribution in [0, 0.1) is 0 Å². The smallest absolute Gasteiger partial charge is 0.381 e. The zero-order chi connectivity index (χ0) is 28.4. The minimum atomic E-state index is -4.49. The van der Waals surface area contributed by atoms with Crippen LogP contribution in [0.1, 0.15) is 47.6 Å². The van der Waals surface area contributed by atoms with Crippen molar-refractivity contribution in [2.24, 2.45) is 0 Å². The number of carbonyl (C=O) groups is 1. The van der Waals surface area contributed by atoms with Gasteiger partial charge in [-0.25, -0.2) is 9.97 Å². The van der Waals surface area contributed by atoms with Crippen molar-refractivity contribution in [2.45, 2.75) is 60.9 Å². The number of likely N-dealkylation sites (tertiary alicyclic amines) is 1. The Kier molecular flexibility index (Phi) is 8.32. The third kappa shape index (κ3) is 6.44. The molecule has 2 saturated heterocycles. The number of pyridine rings is 1. The molecule has 3 aromatic rings. The van der Waals surface area contributed by atoms with Crippen LogP contribution in [0.5, 0.6) is 0 Å². The Morgan fingerprint density at radius 2 is 2.02 bits per heavy atom. The minimum absolute atomic E-state index is 0.0525. The van der Waals surface area contributed by atoms with Crippen LogP contribution < -0.4 is 10.6 Å². The van der Waals surface area contributed by atoms with Crippen molar-refractivity contribution < 1.29 is 22.7 Å². The van der Waals surface area contributed by atoms with E-state index in [4.69, 9.17) is 4.74 Å². The number of carbonyl (C=O) groups excluding carboxylic acids is 1. The van der Waals surface area contributed by atoms with Gasteiger partial charge in [-0.1, -0.05) is 0 Å². The molecular weight excluding hydrogens is 553 g/mol. The van der Waals surface area contributed by atoms with E-state index >= 15 is 0 Å². The lowest BCUT2D eigenvalue weighted by molar-refractivity contribution is -0.137. The molecule has 218 valence electrons. The molecule has 4 atom stereocenters. The van der Waals surface area contributed by atoms with E-state index in [-0.39, 0.29) is 34.9 Å². The number of thioether (sulfide) groups is 1. The summed E-state index contributed by atoms with van der Waals surface area (Å²) in [6.45, 7) is 3.09. The molecule has 6 rings (SSSR count). The summed E-state index contributed by atoms with van der Waals surface area (Å²) >= 11 is 1.94. The second-order valence-corrected chi connectivity index (χ2v) is 12.4. The molecular formula is C29H33F3N6O2S. The van der Waals surface area contributed by atoms with Gasteiger partial charge in [-0.2, -0.15) is 13.2 Å². The van der Waals surface area contributed by atoms with Crippen LogP contribution in [0.3, 0.4) is 0 Å². The summed E-state index contributed by atoms with van der Waals surface area (Å²) in [6, 6.07) is 5.82. The van der Waals surface area contributed by atoms with Gasteiger partial charge in [-0.3, -0.25) is 14.7 Å². The topological polar surface area (TPSA) is 92.3 Å². The van der Waals surface area contributed by atoms with Crippen molar-refractivity contribution in [1.82, 2.24) is 25.2 Å². The lowest BCUT2D eigenvalue weighted by Crippen LogP contribution is -2.44. The van der Waals surface area contributed by atoms with Gasteiger partial charge >= 0.3 is 6.18 Å². The van der Waals surface area contributed by atoms with Gasteiger partial charge in [0.2, 0.25) is 5.91 Å². The molecule has 3 aliphatic rings. The zero-order valence-corrected chi connectivity index (χ0v) is 23.4. The lowest BCUT2D eigenvalue weighted by atomic mass is 10.1. The van der Waals surface area contributed by atoms with Gasteiger partial charge in [-0.15, -0.1) is 11.8 Å². The fourth-order valence-corrected chi connectivity index (χ4v) is 7.85. The number of anilines is 1. The Morgan fingerprint density at radius 1 is 1.12 bits per heavy atom. The van der Waals surface area contributed by atoms with Crippen molar-refractivity contribution in [3.8, 4) is 0 Å². The molecule has 2 fully saturated rings. The molecule has 1 aromatic carbocycles. The molecule has 2 N–H and O–H groups in total. The van der Waals surface area contributed by atoms with E-state index in [0.29, 0.717) is 16.8 Å². The van der Waals surface area contributed by atoms with E-state index in [1.54, 1.807) is 0 Å². The van der Waals surface area contributed by atoms with Gasteiger partial charge < -0.3 is 15.4 Å². The Balaban J connectivity index is 1.15. The largest absolute Gasteiger partial charge is 0.416 e. The number of halogens is 3. The number of aromatic nitrogens is 3. The van der Waals surface area contributed by atoms with Crippen LogP contribution >= 0.6 is 11.8 Å². The van der Waals surface area contributed by atoms with Crippen molar-refractivity contribution in [2.75, 3.05) is 38.2 Å². The molecule has 12 heteroatoms. The highest BCUT2D eigenvalue weighted by molar-refractivity contribution is 8.00. The number of aryl methyl sites for hydroxylation is 1. The number of hydrogen-bond donors (Lipinski definition) is 2. The van der Waals surface area contributed by atoms with Crippen molar-refractivity contribution in [1.29, 1.82) is 0 Å². The second kappa shape index (κ2) is 12.1. The summed E-state index contributed by atoms with van der Waals surface area (Å²) < 4.78 is 45.6. The standard InChI is InChI=1S/C29H33F3N6O2S/c30-29(31,32)19-4-5-23-22(12-19)28(36-17-35-23)34-14-27(39)37-24-15-38(20-2-1-10-40-11-8-20)16-26(24)41-25-6-3-18-13-33-9-7-21(18)25/h4-5,7,9,12-13,17,20,24-26H,1-3,6,8,10-11,14-16H2,(H,37,39)(H,34,35,36)/t20?,24?,25?,26-/m0/s1. The number of alkyl halides is 3. The number of amides is 1. The van der Waals surface area contributed by atoms with E-state index in [0.717, 1.165) is 70.5 Å². The Hall–Kier alpha value is -2.96. The monoisotopic (exact) mass is 586 g/mol. The van der Waals surface area contributed by atoms with Gasteiger partial charge in [-0.05, 0) is 67.5 Å². The first-order valence-corrected chi connectivity index (χ1v) is 15.0. The van der Waals surface area contributed by atoms with Crippen LogP contribution in [-0.4, -0.2) is 75.9 Å². The summed E-state index contributed by atoms with van der Waals surface area (Å²) in [4.78, 5) is 28.2. The Morgan fingerprint density at radius 3 is 2.90 bits per heavy atom. The van der Waals surface area contributed by atoms with Crippen LogP contribution in [0.4, 0.5) is 19.0 Å². The van der Waals surface area contributed by atoms with Crippen LogP contribution in [-0.2, 0) is 22.1 Å². The molecule has 41 heavy (non-hydrogen) atoms. The van der Waals surface area contributed by atoms with Crippen LogP contribution in [0.15, 0.2) is 43.0 Å². The summed E-state index contributed by atoms with van der Waals surface area (Å²) in [6.07, 6.45) is 5.78. The SMILES string of the molecule is O=C(CNc1ncnc2ccc(C(F)(F)F)cc12)NC1CN(C2CCCOCC2)C[C@@H]1SC1CCc2cnccc21. The highest BCUT2D eigenvalue weighted by Gasteiger charge is 2.40. The quantitative estimate of drug-likeness (QED) is 0.415. The molecule has 0 saturated carbocycles. The first kappa shape index (κ1) is 28.2. The van der Waals surface area contributed by atoms with Crippen molar-refractivity contribution in [3.63, 3.8) is 0 Å². The number of nitrogens with zero attached hydrogens (tertiary/aromatic N) is 4. The molecule has 2 aromatic heterocycles. The summed E-state index contributed by atoms with van der Waals surface area (Å²) in [7, 11) is 0. The number of fused-ring (bicyclic) bond motifs is 2. The van der Waals surface area contributed by atoms with E-state index in [1.807, 2.05) is 24.2 Å². The number of ether oxygens (including phenoxy) is 1. The van der Waals surface area contributed by atoms with Gasteiger partial charge in [0.1, 0.15) is 12.1 Å². The van der Waals surface area contributed by atoms with Gasteiger partial charge in [0.25, 0.3) is 0 Å². The second-order valence-electron chi connectivity index (χ2n) is 10.9. The molecule has 1 aliphatic carbocycles. The summed E-state index contributed by atoms with van der Waals surface area (Å²) in [5.41, 5.74) is 2.23. The van der Waals surface area contributed by atoms with Crippen LogP contribution in [0.25, 0.3) is 10.9 Å². The fourth-order valence-electron chi connectivity index (χ4n) is 6.18. The molecule has 0 bridgehead atoms. The molecule has 0 spiro atoms. The Labute approximate surface area is 240 Å². The number of hydrogen-bond acceptors (Lipinski definition) is 8. The predicted molar refractivity (Wildman–Crippen MR) is 152 cm³/mol. The summed E-state index contributed by atoms with van der Waals surface area (Å²) in [5.74, 6) is -0.0220. The molecule has 4 heterocycles. The van der Waals surface area contributed by atoms with E-state index < -0.39 is 11.7 Å². The molecule has 8 nitrogen and oxygen atoms in total. The highest BCUT2D eigenvalue weighted by Crippen LogP contribution is 2.45. The first-order valence-electron chi connectivity index (χ1n) is 14.1. The average Bonchev–Trinajstić information content (AvgIpc) is 3.44. The number of benzene rings is 1. The highest BCUT2D eigenvalue weighted by atomic mass is 32.2. The first-order chi connectivity index (χ1) is 19.8. The third-order valence-corrected chi connectivity index (χ3v) is 9.91. The maximum Gasteiger partial charge on any atom is 0.416 e. The van der Waals surface area contributed by atoms with Gasteiger partial charge in [0.15, 0.2) is 0 Å². The maximum absolute atomic E-state index is 13.3. The Bertz CT molecular complexity index is 1380. The molecule has 3 unspecified atom stereocenters. The van der Waals surface area contributed by atoms with Gasteiger partial charge in [0, 0.05) is 60.6 Å². The number of nitrogens with one attached hydrogen (secondary N) is 2. The fraction of sp³-hybridized carbons (Fsp3) is 0.517. The summed E-state index contributed by atoms with van der Waals surface area (Å²) in [5, 5.41) is 6.98. The molecule has 0 radical (unpaired) electrons.